The van der Waals surface area contributed by atoms with E-state index in [-0.39, 0.29) is 29.9 Å². The maximum atomic E-state index is 12.5. The van der Waals surface area contributed by atoms with Crippen LogP contribution in [-0.4, -0.2) is 64.6 Å². The van der Waals surface area contributed by atoms with Crippen molar-refractivity contribution in [3.8, 4) is 17.2 Å². The number of rotatable bonds is 10. The lowest BCUT2D eigenvalue weighted by molar-refractivity contribution is -0.136. The molecule has 5 aliphatic rings. The Morgan fingerprint density at radius 2 is 1.58 bits per heavy atom. The van der Waals surface area contributed by atoms with E-state index in [0.29, 0.717) is 43.0 Å². The number of imide groups is 1. The molecule has 2 aliphatic carbocycles. The van der Waals surface area contributed by atoms with E-state index in [1.807, 2.05) is 23.1 Å². The summed E-state index contributed by atoms with van der Waals surface area (Å²) in [6.07, 6.45) is 8.73. The second-order valence-corrected chi connectivity index (χ2v) is 16.3. The quantitative estimate of drug-likeness (QED) is 0.160. The Bertz CT molecular complexity index is 2050. The Balaban J connectivity index is 0.721. The molecule has 9 rings (SSSR count). The van der Waals surface area contributed by atoms with Gasteiger partial charge in [-0.05, 0) is 134 Å². The number of fused-ring (bicyclic) bond motifs is 2. The Kier molecular flexibility index (Phi) is 9.85. The minimum Gasteiger partial charge on any atom is -0.508 e. The highest BCUT2D eigenvalue weighted by atomic mass is 16.5. The Labute approximate surface area is 324 Å². The summed E-state index contributed by atoms with van der Waals surface area (Å²) in [6.45, 7) is 7.87. The van der Waals surface area contributed by atoms with Crippen LogP contribution in [0, 0.1) is 5.92 Å². The molecule has 0 radical (unpaired) electrons. The van der Waals surface area contributed by atoms with Gasteiger partial charge in [0, 0.05) is 49.0 Å². The number of hydrogen-bond donors (Lipinski definition) is 2. The second kappa shape index (κ2) is 15.2. The molecule has 4 aromatic carbocycles. The van der Waals surface area contributed by atoms with Gasteiger partial charge in [0.25, 0.3) is 0 Å². The molecule has 3 aliphatic heterocycles. The number of nitrogens with one attached hydrogen (secondary N) is 1. The number of nitrogens with zero attached hydrogens (tertiary/aromatic N) is 2. The third-order valence-corrected chi connectivity index (χ3v) is 13.0. The zero-order valence-electron chi connectivity index (χ0n) is 31.5. The summed E-state index contributed by atoms with van der Waals surface area (Å²) in [7, 11) is 0. The molecule has 2 amide bonds. The van der Waals surface area contributed by atoms with Gasteiger partial charge in [-0.25, -0.2) is 0 Å². The Morgan fingerprint density at radius 3 is 2.36 bits per heavy atom. The number of phenols is 1. The molecule has 0 spiro atoms. The van der Waals surface area contributed by atoms with Gasteiger partial charge in [0.15, 0.2) is 0 Å². The molecule has 284 valence electrons. The Hall–Kier alpha value is -5.08. The van der Waals surface area contributed by atoms with Crippen molar-refractivity contribution in [2.45, 2.75) is 94.4 Å². The number of ether oxygens (including phenoxy) is 2. The van der Waals surface area contributed by atoms with Crippen molar-refractivity contribution >= 4 is 17.5 Å². The van der Waals surface area contributed by atoms with Crippen LogP contribution in [-0.2, 0) is 22.6 Å². The molecule has 4 aromatic rings. The third kappa shape index (κ3) is 7.37. The van der Waals surface area contributed by atoms with Crippen LogP contribution in [0.1, 0.15) is 96.6 Å². The first-order valence-electron chi connectivity index (χ1n) is 20.3. The van der Waals surface area contributed by atoms with Gasteiger partial charge >= 0.3 is 0 Å². The number of likely N-dealkylation sites (tertiary alicyclic amines) is 1. The van der Waals surface area contributed by atoms with E-state index in [9.17, 15) is 14.7 Å². The van der Waals surface area contributed by atoms with E-state index >= 15 is 0 Å². The maximum Gasteiger partial charge on any atom is 0.249 e. The van der Waals surface area contributed by atoms with Crippen molar-refractivity contribution < 1.29 is 24.2 Å². The zero-order valence-corrected chi connectivity index (χ0v) is 31.5. The van der Waals surface area contributed by atoms with Gasteiger partial charge in [-0.3, -0.25) is 14.9 Å². The van der Waals surface area contributed by atoms with Crippen LogP contribution in [0.2, 0.25) is 0 Å². The number of carbonyl (C=O) groups excluding carboxylic acids is 2. The van der Waals surface area contributed by atoms with Gasteiger partial charge in [-0.2, -0.15) is 0 Å². The van der Waals surface area contributed by atoms with Gasteiger partial charge in [0.1, 0.15) is 29.4 Å². The molecule has 3 heterocycles. The molecule has 2 N–H and O–H groups in total. The van der Waals surface area contributed by atoms with Crippen LogP contribution in [0.4, 0.5) is 0 Å². The molecule has 1 unspecified atom stereocenters. The fourth-order valence-electron chi connectivity index (χ4n) is 9.89. The summed E-state index contributed by atoms with van der Waals surface area (Å²) in [5, 5.41) is 12.7. The van der Waals surface area contributed by atoms with Crippen molar-refractivity contribution in [2.24, 2.45) is 5.92 Å². The van der Waals surface area contributed by atoms with Crippen LogP contribution in [0.25, 0.3) is 5.70 Å². The Morgan fingerprint density at radius 1 is 0.800 bits per heavy atom. The van der Waals surface area contributed by atoms with Crippen molar-refractivity contribution in [3.05, 3.63) is 131 Å². The van der Waals surface area contributed by atoms with E-state index in [1.54, 1.807) is 0 Å². The molecule has 3 fully saturated rings. The predicted octanol–water partition coefficient (Wildman–Crippen LogP) is 7.94. The maximum absolute atomic E-state index is 12.5. The van der Waals surface area contributed by atoms with E-state index in [4.69, 9.17) is 9.47 Å². The number of aryl methyl sites for hydroxylation is 1. The fraction of sp³-hybridized carbons (Fsp3) is 0.404. The van der Waals surface area contributed by atoms with E-state index in [2.05, 4.69) is 89.6 Å². The first kappa shape index (κ1) is 35.6. The number of benzene rings is 4. The number of aromatic hydroxyl groups is 1. The van der Waals surface area contributed by atoms with Crippen LogP contribution in [0.15, 0.2) is 97.6 Å². The third-order valence-electron chi connectivity index (χ3n) is 13.0. The topological polar surface area (TPSA) is 91.3 Å². The van der Waals surface area contributed by atoms with Gasteiger partial charge in [-0.1, -0.05) is 55.1 Å². The summed E-state index contributed by atoms with van der Waals surface area (Å²) in [4.78, 5) is 28.8. The monoisotopic (exact) mass is 737 g/mol. The van der Waals surface area contributed by atoms with Crippen molar-refractivity contribution in [1.29, 1.82) is 0 Å². The minimum absolute atomic E-state index is 0.200. The number of carbonyl (C=O) groups is 2. The molecule has 8 nitrogen and oxygen atoms in total. The van der Waals surface area contributed by atoms with E-state index in [0.717, 1.165) is 80.1 Å². The smallest absolute Gasteiger partial charge is 0.249 e. The average Bonchev–Trinajstić information content (AvgIpc) is 3.51. The standard InChI is InChI=1S/C47H51N3O5/c1-30-41-16-13-39(26-35(41)29-50(30)44-17-18-45(52)48-47(44)53)55-40-27-36(28-40)49-22-19-31(20-23-49)21-24-54-38-11-7-33(8-12-38)46-42(32-5-3-2-4-6-32)14-9-34-25-37(51)10-15-43(34)46/h2-8,10-13,15-16,25-26,31,36,40,42,44,46,51H,1,9,14,17-24,27-29H2,(H,48,52,53)/t36?,40?,42-,44?,46+/m1/s1. The lowest BCUT2D eigenvalue weighted by Gasteiger charge is -2.45. The molecular weight excluding hydrogens is 687 g/mol. The number of hydrogen-bond acceptors (Lipinski definition) is 7. The summed E-state index contributed by atoms with van der Waals surface area (Å²) in [5.74, 6) is 3.04. The van der Waals surface area contributed by atoms with Gasteiger partial charge in [-0.15, -0.1) is 0 Å². The minimum atomic E-state index is -0.359. The molecule has 2 saturated heterocycles. The molecule has 0 aromatic heterocycles. The first-order chi connectivity index (χ1) is 26.9. The van der Waals surface area contributed by atoms with Gasteiger partial charge < -0.3 is 24.4 Å². The predicted molar refractivity (Wildman–Crippen MR) is 213 cm³/mol. The highest BCUT2D eigenvalue weighted by Gasteiger charge is 2.39. The summed E-state index contributed by atoms with van der Waals surface area (Å²) in [5.41, 5.74) is 8.24. The SMILES string of the molecule is C=C1c2ccc(OC3CC(N4CCC(CCOc5ccc([C@@H]6c7ccc(O)cc7CC[C@@H]6c6ccccc6)cc5)CC4)C3)cc2CN1C1CCC(=O)NC1=O. The number of amides is 2. The van der Waals surface area contributed by atoms with Crippen molar-refractivity contribution in [1.82, 2.24) is 15.1 Å². The molecule has 8 heteroatoms. The molecular formula is C47H51N3O5. The van der Waals surface area contributed by atoms with Crippen LogP contribution >= 0.6 is 0 Å². The largest absolute Gasteiger partial charge is 0.508 e. The highest BCUT2D eigenvalue weighted by molar-refractivity contribution is 6.01. The lowest BCUT2D eigenvalue weighted by atomic mass is 9.69. The van der Waals surface area contributed by atoms with E-state index in [1.165, 1.54) is 35.1 Å². The number of piperidine rings is 2. The molecule has 55 heavy (non-hydrogen) atoms. The average molecular weight is 738 g/mol. The number of phenolic OH excluding ortho intramolecular Hbond substituents is 1. The van der Waals surface area contributed by atoms with Crippen molar-refractivity contribution in [2.75, 3.05) is 19.7 Å². The molecule has 3 atom stereocenters. The molecule has 0 bridgehead atoms. The highest BCUT2D eigenvalue weighted by Crippen LogP contribution is 2.47. The van der Waals surface area contributed by atoms with Crippen LogP contribution in [0.3, 0.4) is 0 Å². The zero-order chi connectivity index (χ0) is 37.5. The van der Waals surface area contributed by atoms with E-state index < -0.39 is 0 Å². The summed E-state index contributed by atoms with van der Waals surface area (Å²) < 4.78 is 12.7. The molecule has 1 saturated carbocycles. The summed E-state index contributed by atoms with van der Waals surface area (Å²) in [6, 6.07) is 31.9. The van der Waals surface area contributed by atoms with Crippen LogP contribution < -0.4 is 14.8 Å². The lowest BCUT2D eigenvalue weighted by Crippen LogP contribution is -2.51. The van der Waals surface area contributed by atoms with Crippen molar-refractivity contribution in [3.63, 3.8) is 0 Å². The van der Waals surface area contributed by atoms with Gasteiger partial charge in [0.05, 0.1) is 6.61 Å². The fourth-order valence-corrected chi connectivity index (χ4v) is 9.89. The normalized spacial score (nSPS) is 25.5. The summed E-state index contributed by atoms with van der Waals surface area (Å²) >= 11 is 0. The second-order valence-electron chi connectivity index (χ2n) is 16.3. The first-order valence-corrected chi connectivity index (χ1v) is 20.3. The van der Waals surface area contributed by atoms with Crippen LogP contribution in [0.5, 0.6) is 17.2 Å². The van der Waals surface area contributed by atoms with Gasteiger partial charge in [0.2, 0.25) is 11.8 Å².